The first-order chi connectivity index (χ1) is 4.36. The minimum atomic E-state index is -0.110. The fourth-order valence-corrected chi connectivity index (χ4v) is 0.521. The monoisotopic (exact) mass is 147 g/mol. The van der Waals surface area contributed by atoms with Crippen LogP contribution in [0.3, 0.4) is 0 Å². The Morgan fingerprint density at radius 2 is 2.50 bits per heavy atom. The molecule has 0 unspecified atom stereocenters. The molecule has 1 rings (SSSR count). The van der Waals surface area contributed by atoms with Gasteiger partial charge in [-0.3, -0.25) is 5.10 Å². The summed E-state index contributed by atoms with van der Waals surface area (Å²) in [6.07, 6.45) is 0. The molecule has 0 bridgehead atoms. The first-order valence-corrected chi connectivity index (χ1v) is 2.47. The highest BCUT2D eigenvalue weighted by Crippen LogP contribution is 1.96. The number of nitrogens with zero attached hydrogens (tertiary/aromatic N) is 1. The molecule has 0 fully saturated rings. The zero-order chi connectivity index (χ0) is 6.69. The lowest BCUT2D eigenvalue weighted by Crippen LogP contribution is -2.70. The van der Waals surface area contributed by atoms with Crippen molar-refractivity contribution >= 4 is 5.82 Å². The second-order valence-corrected chi connectivity index (χ2v) is 1.59. The van der Waals surface area contributed by atoms with Crippen LogP contribution in [0.4, 0.5) is 5.82 Å². The molecule has 6 heteroatoms. The average molecular weight is 147 g/mol. The molecule has 1 aromatic heterocycles. The molecule has 58 valence electrons. The Bertz CT molecular complexity index is 169. The molecule has 0 aromatic carbocycles. The molecule has 0 spiro atoms. The predicted molar refractivity (Wildman–Crippen MR) is 33.1 cm³/mol. The summed E-state index contributed by atoms with van der Waals surface area (Å²) >= 11 is 0. The van der Waals surface area contributed by atoms with Crippen LogP contribution in [0, 0.1) is 5.21 Å². The van der Waals surface area contributed by atoms with E-state index in [1.165, 1.54) is 6.07 Å². The van der Waals surface area contributed by atoms with Gasteiger partial charge in [0.2, 0.25) is 5.82 Å². The molecule has 0 aliphatic heterocycles. The Balaban J connectivity index is 0.000000810. The van der Waals surface area contributed by atoms with Gasteiger partial charge in [0, 0.05) is 6.07 Å². The Kier molecular flexibility index (Phi) is 3.59. The summed E-state index contributed by atoms with van der Waals surface area (Å²) in [6, 6.07) is 1.49. The molecule has 0 aliphatic carbocycles. The lowest BCUT2D eigenvalue weighted by Gasteiger charge is -1.90. The Morgan fingerprint density at radius 1 is 1.80 bits per heavy atom. The van der Waals surface area contributed by atoms with Gasteiger partial charge in [0.25, 0.3) is 0 Å². The zero-order valence-electron chi connectivity index (χ0n) is 5.16. The van der Waals surface area contributed by atoms with Crippen LogP contribution in [-0.4, -0.2) is 20.8 Å². The van der Waals surface area contributed by atoms with Gasteiger partial charge in [0.05, 0.1) is 12.3 Å². The van der Waals surface area contributed by atoms with E-state index in [0.717, 1.165) is 0 Å². The molecule has 0 saturated carbocycles. The van der Waals surface area contributed by atoms with E-state index < -0.39 is 0 Å². The van der Waals surface area contributed by atoms with Crippen molar-refractivity contribution in [3.63, 3.8) is 0 Å². The Morgan fingerprint density at radius 3 is 2.80 bits per heavy atom. The zero-order valence-corrected chi connectivity index (χ0v) is 5.16. The van der Waals surface area contributed by atoms with Crippen LogP contribution >= 0.6 is 0 Å². The molecular weight excluding hydrogens is 138 g/mol. The van der Waals surface area contributed by atoms with Gasteiger partial charge in [-0.15, -0.1) is 5.10 Å². The van der Waals surface area contributed by atoms with Crippen molar-refractivity contribution in [1.82, 2.24) is 10.2 Å². The number of hydrogen-bond donors (Lipinski definition) is 3. The van der Waals surface area contributed by atoms with Crippen LogP contribution in [0.5, 0.6) is 0 Å². The summed E-state index contributed by atoms with van der Waals surface area (Å²) in [7, 11) is 0. The molecule has 1 heterocycles. The number of rotatable bonds is 2. The molecule has 0 atom stereocenters. The topological polar surface area (TPSA) is 120 Å². The number of H-pyrrole nitrogens is 1. The number of hydrogen-bond acceptors (Lipinski definition) is 3. The number of nitrogens with two attached hydrogens (primary N) is 1. The minimum Gasteiger partial charge on any atom is -0.629 e. The normalized spacial score (nSPS) is 9.00. The van der Waals surface area contributed by atoms with Crippen molar-refractivity contribution in [2.45, 2.75) is 6.61 Å². The Hall–Kier alpha value is -0.950. The Labute approximate surface area is 56.8 Å². The SMILES string of the molecule is O.[O-][NH2+]c1cc(CO)[nH]n1. The van der Waals surface area contributed by atoms with Gasteiger partial charge < -0.3 is 21.3 Å². The summed E-state index contributed by atoms with van der Waals surface area (Å²) in [5, 5.41) is 24.5. The standard InChI is InChI=1S/C4H7N3O2.H2O/c8-2-3-1-4(7-9)6-5-3;/h1,8H,2,7H2,(H,5,6);1H2. The van der Waals surface area contributed by atoms with Crippen LogP contribution < -0.4 is 5.48 Å². The van der Waals surface area contributed by atoms with Gasteiger partial charge in [-0.1, -0.05) is 0 Å². The van der Waals surface area contributed by atoms with E-state index in [-0.39, 0.29) is 12.1 Å². The van der Waals surface area contributed by atoms with E-state index in [1.54, 1.807) is 0 Å². The fraction of sp³-hybridized carbons (Fsp3) is 0.250. The van der Waals surface area contributed by atoms with Crippen molar-refractivity contribution in [1.29, 1.82) is 0 Å². The van der Waals surface area contributed by atoms with E-state index in [0.29, 0.717) is 17.0 Å². The van der Waals surface area contributed by atoms with Gasteiger partial charge in [-0.25, -0.2) is 0 Å². The molecule has 1 aromatic rings. The maximum Gasteiger partial charge on any atom is 0.243 e. The predicted octanol–water partition coefficient (Wildman–Crippen LogP) is -2.23. The lowest BCUT2D eigenvalue weighted by molar-refractivity contribution is -0.501. The second kappa shape index (κ2) is 3.96. The van der Waals surface area contributed by atoms with E-state index in [1.807, 2.05) is 0 Å². The molecule has 0 amide bonds. The average Bonchev–Trinajstić information content (AvgIpc) is 2.34. The van der Waals surface area contributed by atoms with Gasteiger partial charge in [-0.2, -0.15) is 0 Å². The molecule has 6 nitrogen and oxygen atoms in total. The van der Waals surface area contributed by atoms with Crippen molar-refractivity contribution in [3.8, 4) is 0 Å². The van der Waals surface area contributed by atoms with Crippen molar-refractivity contribution in [3.05, 3.63) is 17.0 Å². The van der Waals surface area contributed by atoms with Gasteiger partial charge in [0.15, 0.2) is 0 Å². The third-order valence-corrected chi connectivity index (χ3v) is 0.942. The fourth-order valence-electron chi connectivity index (χ4n) is 0.521. The smallest absolute Gasteiger partial charge is 0.243 e. The van der Waals surface area contributed by atoms with Crippen LogP contribution in [0.15, 0.2) is 6.07 Å². The summed E-state index contributed by atoms with van der Waals surface area (Å²) in [4.78, 5) is 0. The summed E-state index contributed by atoms with van der Waals surface area (Å²) in [6.45, 7) is -0.110. The van der Waals surface area contributed by atoms with E-state index in [2.05, 4.69) is 10.2 Å². The highest BCUT2D eigenvalue weighted by Gasteiger charge is 1.96. The van der Waals surface area contributed by atoms with Crippen LogP contribution in [0.1, 0.15) is 5.69 Å². The van der Waals surface area contributed by atoms with E-state index in [9.17, 15) is 5.21 Å². The number of aromatic nitrogens is 2. The summed E-state index contributed by atoms with van der Waals surface area (Å²) in [5.41, 5.74) is 1.17. The van der Waals surface area contributed by atoms with Gasteiger partial charge in [0.1, 0.15) is 0 Å². The second-order valence-electron chi connectivity index (χ2n) is 1.59. The highest BCUT2D eigenvalue weighted by molar-refractivity contribution is 5.18. The first-order valence-electron chi connectivity index (χ1n) is 2.47. The van der Waals surface area contributed by atoms with E-state index >= 15 is 0 Å². The first kappa shape index (κ1) is 9.05. The minimum absolute atomic E-state index is 0. The van der Waals surface area contributed by atoms with Crippen molar-refractivity contribution in [2.24, 2.45) is 0 Å². The molecule has 0 radical (unpaired) electrons. The molecule has 10 heavy (non-hydrogen) atoms. The quantitative estimate of drug-likeness (QED) is 0.410. The lowest BCUT2D eigenvalue weighted by atomic mass is 10.4. The van der Waals surface area contributed by atoms with Crippen LogP contribution in [-0.2, 0) is 6.61 Å². The largest absolute Gasteiger partial charge is 0.629 e. The van der Waals surface area contributed by atoms with Crippen molar-refractivity contribution in [2.75, 3.05) is 0 Å². The number of aliphatic hydroxyl groups is 1. The summed E-state index contributed by atoms with van der Waals surface area (Å²) in [5.74, 6) is 0.319. The number of nitrogens with one attached hydrogen (secondary N) is 1. The van der Waals surface area contributed by atoms with Crippen molar-refractivity contribution < 1.29 is 16.1 Å². The molecular formula is C4H9N3O3. The maximum absolute atomic E-state index is 9.97. The third-order valence-electron chi connectivity index (χ3n) is 0.942. The van der Waals surface area contributed by atoms with Crippen LogP contribution in [0.2, 0.25) is 0 Å². The number of aromatic amines is 1. The highest BCUT2D eigenvalue weighted by atomic mass is 16.5. The van der Waals surface area contributed by atoms with Crippen LogP contribution in [0.25, 0.3) is 0 Å². The number of aliphatic hydroxyl groups excluding tert-OH is 1. The molecule has 6 N–H and O–H groups in total. The van der Waals surface area contributed by atoms with E-state index in [4.69, 9.17) is 5.11 Å². The molecule has 0 saturated heterocycles. The number of quaternary nitrogens is 1. The molecule has 0 aliphatic rings. The third kappa shape index (κ3) is 1.78. The summed E-state index contributed by atoms with van der Waals surface area (Å²) < 4.78 is 0. The van der Waals surface area contributed by atoms with Gasteiger partial charge >= 0.3 is 0 Å². The van der Waals surface area contributed by atoms with Gasteiger partial charge in [-0.05, 0) is 0 Å². The maximum atomic E-state index is 9.97.